The van der Waals surface area contributed by atoms with Gasteiger partial charge in [-0.2, -0.15) is 0 Å². The highest BCUT2D eigenvalue weighted by molar-refractivity contribution is 6.30. The molecule has 4 heteroatoms. The van der Waals surface area contributed by atoms with Crippen LogP contribution in [0.4, 0.5) is 5.82 Å². The minimum atomic E-state index is 0.0183. The van der Waals surface area contributed by atoms with E-state index in [4.69, 9.17) is 11.6 Å². The average Bonchev–Trinajstić information content (AvgIpc) is 2.82. The number of hydrogen-bond acceptors (Lipinski definition) is 2. The van der Waals surface area contributed by atoms with Crippen LogP contribution >= 0.6 is 11.6 Å². The van der Waals surface area contributed by atoms with E-state index in [1.54, 1.807) is 18.3 Å². The number of amides is 1. The molecule has 1 heterocycles. The lowest BCUT2D eigenvalue weighted by atomic mass is 10.1. The average molecular weight is 225 g/mol. The van der Waals surface area contributed by atoms with Crippen LogP contribution in [0.5, 0.6) is 0 Å². The lowest BCUT2D eigenvalue weighted by Gasteiger charge is -2.08. The second-order valence-electron chi connectivity index (χ2n) is 4.39. The second-order valence-corrected chi connectivity index (χ2v) is 4.83. The summed E-state index contributed by atoms with van der Waals surface area (Å²) in [7, 11) is 0. The van der Waals surface area contributed by atoms with Gasteiger partial charge in [-0.25, -0.2) is 4.98 Å². The van der Waals surface area contributed by atoms with Crippen molar-refractivity contribution in [1.29, 1.82) is 0 Å². The van der Waals surface area contributed by atoms with Crippen molar-refractivity contribution in [2.75, 3.05) is 5.32 Å². The number of pyridine rings is 1. The van der Waals surface area contributed by atoms with E-state index >= 15 is 0 Å². The van der Waals surface area contributed by atoms with Crippen molar-refractivity contribution in [1.82, 2.24) is 4.98 Å². The predicted octanol–water partition coefficient (Wildman–Crippen LogP) is 2.86. The fraction of sp³-hybridized carbons (Fsp3) is 0.455. The minimum absolute atomic E-state index is 0.0183. The number of nitrogens with zero attached hydrogens (tertiary/aromatic N) is 1. The molecule has 0 bridgehead atoms. The fourth-order valence-electron chi connectivity index (χ4n) is 1.44. The molecular formula is C11H13ClN2O. The Balaban J connectivity index is 1.93. The van der Waals surface area contributed by atoms with Crippen LogP contribution in [-0.4, -0.2) is 10.9 Å². The third-order valence-corrected chi connectivity index (χ3v) is 2.92. The van der Waals surface area contributed by atoms with Gasteiger partial charge in [0.1, 0.15) is 5.82 Å². The molecule has 1 aromatic heterocycles. The molecule has 3 nitrogen and oxygen atoms in total. The van der Waals surface area contributed by atoms with E-state index < -0.39 is 0 Å². The first-order chi connectivity index (χ1) is 7.07. The molecular weight excluding hydrogens is 212 g/mol. The van der Waals surface area contributed by atoms with Crippen molar-refractivity contribution >= 4 is 23.3 Å². The van der Waals surface area contributed by atoms with E-state index in [-0.39, 0.29) is 11.3 Å². The number of carbonyl (C=O) groups excluding carboxylic acids is 1. The van der Waals surface area contributed by atoms with Crippen LogP contribution in [0, 0.1) is 5.41 Å². The zero-order valence-electron chi connectivity index (χ0n) is 8.59. The molecule has 1 amide bonds. The maximum Gasteiger partial charge on any atom is 0.226 e. The molecule has 1 fully saturated rings. The van der Waals surface area contributed by atoms with E-state index in [0.717, 1.165) is 12.8 Å². The van der Waals surface area contributed by atoms with Gasteiger partial charge >= 0.3 is 0 Å². The summed E-state index contributed by atoms with van der Waals surface area (Å²) in [6, 6.07) is 3.33. The van der Waals surface area contributed by atoms with E-state index in [2.05, 4.69) is 17.2 Å². The van der Waals surface area contributed by atoms with Crippen molar-refractivity contribution in [2.24, 2.45) is 5.41 Å². The lowest BCUT2D eigenvalue weighted by Crippen LogP contribution is -2.16. The maximum absolute atomic E-state index is 11.6. The molecule has 0 atom stereocenters. The van der Waals surface area contributed by atoms with Crippen molar-refractivity contribution < 1.29 is 4.79 Å². The number of hydrogen-bond donors (Lipinski definition) is 1. The number of anilines is 1. The van der Waals surface area contributed by atoms with E-state index in [1.165, 1.54) is 0 Å². The highest BCUT2D eigenvalue weighted by Gasteiger charge is 2.39. The molecule has 0 unspecified atom stereocenters. The summed E-state index contributed by atoms with van der Waals surface area (Å²) in [5, 5.41) is 3.33. The van der Waals surface area contributed by atoms with Gasteiger partial charge in [0.2, 0.25) is 5.91 Å². The first kappa shape index (κ1) is 10.4. The molecule has 1 saturated carbocycles. The summed E-state index contributed by atoms with van der Waals surface area (Å²) in [6.07, 6.45) is 4.44. The Kier molecular flexibility index (Phi) is 2.65. The molecule has 1 N–H and O–H groups in total. The molecule has 0 saturated heterocycles. The summed E-state index contributed by atoms with van der Waals surface area (Å²) in [6.45, 7) is 2.12. The molecule has 1 aromatic rings. The Hall–Kier alpha value is -1.09. The van der Waals surface area contributed by atoms with Crippen LogP contribution in [0.15, 0.2) is 18.3 Å². The molecule has 15 heavy (non-hydrogen) atoms. The Labute approximate surface area is 93.8 Å². The molecule has 0 aromatic carbocycles. The van der Waals surface area contributed by atoms with Crippen molar-refractivity contribution in [2.45, 2.75) is 26.2 Å². The number of halogens is 1. The predicted molar refractivity (Wildman–Crippen MR) is 59.8 cm³/mol. The highest BCUT2D eigenvalue weighted by atomic mass is 35.5. The molecule has 2 rings (SSSR count). The molecule has 0 radical (unpaired) electrons. The zero-order valence-corrected chi connectivity index (χ0v) is 9.34. The molecule has 1 aliphatic carbocycles. The third kappa shape index (κ3) is 2.93. The summed E-state index contributed by atoms with van der Waals surface area (Å²) in [4.78, 5) is 15.6. The summed E-state index contributed by atoms with van der Waals surface area (Å²) >= 11 is 5.78. The van der Waals surface area contributed by atoms with Gasteiger partial charge < -0.3 is 5.32 Å². The van der Waals surface area contributed by atoms with Gasteiger partial charge in [-0.3, -0.25) is 4.79 Å². The topological polar surface area (TPSA) is 42.0 Å². The number of aromatic nitrogens is 1. The normalized spacial score (nSPS) is 17.2. The van der Waals surface area contributed by atoms with Gasteiger partial charge in [-0.15, -0.1) is 0 Å². The summed E-state index contributed by atoms with van der Waals surface area (Å²) < 4.78 is 0. The second kappa shape index (κ2) is 3.81. The highest BCUT2D eigenvalue weighted by Crippen LogP contribution is 2.48. The van der Waals surface area contributed by atoms with Crippen LogP contribution in [0.3, 0.4) is 0 Å². The largest absolute Gasteiger partial charge is 0.311 e. The smallest absolute Gasteiger partial charge is 0.226 e. The van der Waals surface area contributed by atoms with Crippen LogP contribution in [0.1, 0.15) is 26.2 Å². The van der Waals surface area contributed by atoms with Gasteiger partial charge in [0.25, 0.3) is 0 Å². The summed E-state index contributed by atoms with van der Waals surface area (Å²) in [5.74, 6) is 0.543. The van der Waals surface area contributed by atoms with Crippen LogP contribution in [-0.2, 0) is 4.79 Å². The number of carbonyl (C=O) groups is 1. The molecule has 0 aliphatic heterocycles. The third-order valence-electron chi connectivity index (χ3n) is 2.68. The van der Waals surface area contributed by atoms with E-state index in [0.29, 0.717) is 17.3 Å². The van der Waals surface area contributed by atoms with Crippen LogP contribution < -0.4 is 5.32 Å². The number of nitrogens with one attached hydrogen (secondary N) is 1. The van der Waals surface area contributed by atoms with Crippen molar-refractivity contribution in [3.05, 3.63) is 23.4 Å². The van der Waals surface area contributed by atoms with E-state index in [1.807, 2.05) is 0 Å². The number of rotatable bonds is 3. The molecule has 1 aliphatic rings. The molecule has 80 valence electrons. The van der Waals surface area contributed by atoms with Crippen molar-refractivity contribution in [3.63, 3.8) is 0 Å². The van der Waals surface area contributed by atoms with Gasteiger partial charge in [0.05, 0.1) is 0 Å². The Bertz CT molecular complexity index is 388. The Morgan fingerprint density at radius 1 is 1.67 bits per heavy atom. The first-order valence-corrected chi connectivity index (χ1v) is 5.37. The summed E-state index contributed by atoms with van der Waals surface area (Å²) in [5.41, 5.74) is 0.225. The lowest BCUT2D eigenvalue weighted by molar-refractivity contribution is -0.117. The maximum atomic E-state index is 11.6. The van der Waals surface area contributed by atoms with E-state index in [9.17, 15) is 4.79 Å². The fourth-order valence-corrected chi connectivity index (χ4v) is 1.60. The standard InChI is InChI=1S/C11H13ClN2O/c1-11(3-4-11)7-10(15)14-9-6-8(12)2-5-13-9/h2,5-6H,3-4,7H2,1H3,(H,13,14,15). The minimum Gasteiger partial charge on any atom is -0.311 e. The van der Waals surface area contributed by atoms with Gasteiger partial charge in [0.15, 0.2) is 0 Å². The SMILES string of the molecule is CC1(CC(=O)Nc2cc(Cl)ccn2)CC1. The van der Waals surface area contributed by atoms with Crippen molar-refractivity contribution in [3.8, 4) is 0 Å². The quantitative estimate of drug-likeness (QED) is 0.858. The Morgan fingerprint density at radius 3 is 3.00 bits per heavy atom. The van der Waals surface area contributed by atoms with Crippen LogP contribution in [0.25, 0.3) is 0 Å². The molecule has 0 spiro atoms. The van der Waals surface area contributed by atoms with Gasteiger partial charge in [0, 0.05) is 17.6 Å². The Morgan fingerprint density at radius 2 is 2.40 bits per heavy atom. The monoisotopic (exact) mass is 224 g/mol. The zero-order chi connectivity index (χ0) is 10.9. The first-order valence-electron chi connectivity index (χ1n) is 4.99. The van der Waals surface area contributed by atoms with Crippen LogP contribution in [0.2, 0.25) is 5.02 Å². The van der Waals surface area contributed by atoms with Gasteiger partial charge in [-0.1, -0.05) is 18.5 Å². The van der Waals surface area contributed by atoms with Gasteiger partial charge in [-0.05, 0) is 30.4 Å².